The molecule has 0 heterocycles. The zero-order valence-electron chi connectivity index (χ0n) is 20.5. The van der Waals surface area contributed by atoms with Crippen molar-refractivity contribution in [1.29, 1.82) is 0 Å². The van der Waals surface area contributed by atoms with Crippen molar-refractivity contribution >= 4 is 24.1 Å². The first-order valence-electron chi connectivity index (χ1n) is 11.2. The number of hydrogen-bond donors (Lipinski definition) is 1. The van der Waals surface area contributed by atoms with Crippen molar-refractivity contribution in [3.63, 3.8) is 0 Å². The summed E-state index contributed by atoms with van der Waals surface area (Å²) in [6.45, 7) is 16.0. The lowest BCUT2D eigenvalue weighted by Crippen LogP contribution is -2.40. The van der Waals surface area contributed by atoms with Gasteiger partial charge in [0.05, 0.1) is 5.69 Å². The van der Waals surface area contributed by atoms with E-state index in [0.29, 0.717) is 11.5 Å². The van der Waals surface area contributed by atoms with Crippen LogP contribution in [-0.4, -0.2) is 31.0 Å². The third-order valence-electron chi connectivity index (χ3n) is 5.43. The molecule has 1 aliphatic rings. The quantitative estimate of drug-likeness (QED) is 0.345. The minimum atomic E-state index is -0.336. The predicted octanol–water partition coefficient (Wildman–Crippen LogP) is 6.26. The lowest BCUT2D eigenvalue weighted by atomic mass is 9.93. The van der Waals surface area contributed by atoms with Gasteiger partial charge in [-0.15, -0.1) is 0 Å². The highest BCUT2D eigenvalue weighted by atomic mass is 16.1. The molecular weight excluding hydrogens is 396 g/mol. The summed E-state index contributed by atoms with van der Waals surface area (Å²) < 4.78 is 0. The highest BCUT2D eigenvalue weighted by Crippen LogP contribution is 2.40. The number of carbonyl (C=O) groups is 1. The number of hydrazone groups is 1. The summed E-state index contributed by atoms with van der Waals surface area (Å²) in [6.07, 6.45) is 2.55. The van der Waals surface area contributed by atoms with E-state index in [1.54, 1.807) is 12.1 Å². The molecule has 5 heteroatoms. The summed E-state index contributed by atoms with van der Waals surface area (Å²) >= 11 is 0. The summed E-state index contributed by atoms with van der Waals surface area (Å²) in [5.74, 6) is 1.36. The van der Waals surface area contributed by atoms with Crippen LogP contribution >= 0.6 is 0 Å². The molecule has 5 nitrogen and oxygen atoms in total. The minimum absolute atomic E-state index is 0.120. The third kappa shape index (κ3) is 5.64. The Kier molecular flexibility index (Phi) is 6.59. The summed E-state index contributed by atoms with van der Waals surface area (Å²) in [7, 11) is 1.76. The standard InChI is InChI=1S/C27H36N4O/c1-26(2,3)25(28-7)31(29-8)23-16-21(15-22(17-23)24(32)30-27(4,5)6)20-13-11-19(12-14-20)18-9-10-18/h11-18H,8-10H2,1-7H3,(H,30,32). The number of hydrogen-bond acceptors (Lipinski definition) is 3. The van der Waals surface area contributed by atoms with E-state index in [0.717, 1.165) is 22.6 Å². The van der Waals surface area contributed by atoms with E-state index in [9.17, 15) is 4.79 Å². The van der Waals surface area contributed by atoms with Gasteiger partial charge in [-0.3, -0.25) is 9.79 Å². The number of rotatable bonds is 5. The second-order valence-electron chi connectivity index (χ2n) is 10.6. The molecule has 0 saturated heterocycles. The first-order chi connectivity index (χ1) is 14.9. The first-order valence-corrected chi connectivity index (χ1v) is 11.2. The van der Waals surface area contributed by atoms with E-state index in [4.69, 9.17) is 0 Å². The maximum absolute atomic E-state index is 13.1. The van der Waals surface area contributed by atoms with Gasteiger partial charge in [0.1, 0.15) is 5.84 Å². The molecule has 1 amide bonds. The lowest BCUT2D eigenvalue weighted by Gasteiger charge is -2.30. The van der Waals surface area contributed by atoms with Crippen molar-refractivity contribution < 1.29 is 4.79 Å². The van der Waals surface area contributed by atoms with Crippen molar-refractivity contribution in [2.24, 2.45) is 15.5 Å². The highest BCUT2D eigenvalue weighted by molar-refractivity contribution is 6.03. The van der Waals surface area contributed by atoms with Crippen LogP contribution in [0.3, 0.4) is 0 Å². The molecule has 0 aliphatic heterocycles. The van der Waals surface area contributed by atoms with Crippen molar-refractivity contribution in [1.82, 2.24) is 5.32 Å². The van der Waals surface area contributed by atoms with Crippen LogP contribution in [0.2, 0.25) is 0 Å². The molecule has 1 aliphatic carbocycles. The van der Waals surface area contributed by atoms with Gasteiger partial charge >= 0.3 is 0 Å². The fourth-order valence-corrected chi connectivity index (χ4v) is 3.83. The summed E-state index contributed by atoms with van der Waals surface area (Å²) in [5, 5.41) is 9.07. The van der Waals surface area contributed by atoms with Gasteiger partial charge in [0, 0.05) is 30.3 Å². The average Bonchev–Trinajstić information content (AvgIpc) is 3.55. The second kappa shape index (κ2) is 8.89. The van der Waals surface area contributed by atoms with Gasteiger partial charge in [-0.25, -0.2) is 5.01 Å². The molecular formula is C27H36N4O. The molecule has 0 radical (unpaired) electrons. The Morgan fingerprint density at radius 3 is 2.09 bits per heavy atom. The van der Waals surface area contributed by atoms with Crippen molar-refractivity contribution in [2.45, 2.75) is 65.8 Å². The van der Waals surface area contributed by atoms with Crippen molar-refractivity contribution in [3.05, 3.63) is 53.6 Å². The normalized spacial score (nSPS) is 14.8. The Bertz CT molecular complexity index is 1020. The summed E-state index contributed by atoms with van der Waals surface area (Å²) in [5.41, 5.74) is 4.17. The second-order valence-corrected chi connectivity index (χ2v) is 10.6. The largest absolute Gasteiger partial charge is 0.347 e. The number of amidine groups is 1. The smallest absolute Gasteiger partial charge is 0.251 e. The maximum atomic E-state index is 13.1. The average molecular weight is 433 g/mol. The zero-order valence-corrected chi connectivity index (χ0v) is 20.5. The van der Waals surface area contributed by atoms with Crippen molar-refractivity contribution in [3.8, 4) is 11.1 Å². The lowest BCUT2D eigenvalue weighted by molar-refractivity contribution is 0.0919. The Hall–Kier alpha value is -2.95. The Morgan fingerprint density at radius 2 is 1.62 bits per heavy atom. The van der Waals surface area contributed by atoms with E-state index in [-0.39, 0.29) is 16.9 Å². The van der Waals surface area contributed by atoms with Gasteiger partial charge in [-0.05, 0) is 74.4 Å². The summed E-state index contributed by atoms with van der Waals surface area (Å²) in [4.78, 5) is 17.6. The van der Waals surface area contributed by atoms with E-state index < -0.39 is 0 Å². The Balaban J connectivity index is 2.11. The topological polar surface area (TPSA) is 57.1 Å². The Morgan fingerprint density at radius 1 is 1.00 bits per heavy atom. The van der Waals surface area contributed by atoms with Crippen molar-refractivity contribution in [2.75, 3.05) is 12.1 Å². The van der Waals surface area contributed by atoms with Gasteiger partial charge < -0.3 is 5.32 Å². The minimum Gasteiger partial charge on any atom is -0.347 e. The number of nitrogens with one attached hydrogen (secondary N) is 1. The van der Waals surface area contributed by atoms with E-state index in [1.807, 2.05) is 39.0 Å². The number of aliphatic imine (C=N–C) groups is 1. The third-order valence-corrected chi connectivity index (χ3v) is 5.43. The van der Waals surface area contributed by atoms with Crippen LogP contribution in [-0.2, 0) is 0 Å². The summed E-state index contributed by atoms with van der Waals surface area (Å²) in [6, 6.07) is 14.5. The monoisotopic (exact) mass is 432 g/mol. The van der Waals surface area contributed by atoms with Crippen LogP contribution in [0.15, 0.2) is 52.6 Å². The number of amides is 1. The number of benzene rings is 2. The molecule has 0 atom stereocenters. The molecule has 1 saturated carbocycles. The molecule has 3 rings (SSSR count). The van der Waals surface area contributed by atoms with Crippen LogP contribution in [0.25, 0.3) is 11.1 Å². The van der Waals surface area contributed by atoms with Crippen LogP contribution in [0.5, 0.6) is 0 Å². The Labute approximate surface area is 192 Å². The first kappa shape index (κ1) is 23.7. The van der Waals surface area contributed by atoms with Crippen LogP contribution in [0, 0.1) is 5.41 Å². The fraction of sp³-hybridized carbons (Fsp3) is 0.444. The van der Waals surface area contributed by atoms with E-state index in [2.05, 4.69) is 67.2 Å². The predicted molar refractivity (Wildman–Crippen MR) is 136 cm³/mol. The van der Waals surface area contributed by atoms with Crippen LogP contribution in [0.4, 0.5) is 5.69 Å². The van der Waals surface area contributed by atoms with Crippen LogP contribution in [0.1, 0.15) is 76.2 Å². The fourth-order valence-electron chi connectivity index (χ4n) is 3.83. The molecule has 2 aromatic carbocycles. The molecule has 1 N–H and O–H groups in total. The number of nitrogens with zero attached hydrogens (tertiary/aromatic N) is 3. The molecule has 0 unspecified atom stereocenters. The van der Waals surface area contributed by atoms with Crippen LogP contribution < -0.4 is 10.3 Å². The van der Waals surface area contributed by atoms with Gasteiger partial charge in [-0.1, -0.05) is 45.0 Å². The van der Waals surface area contributed by atoms with Gasteiger partial charge in [0.25, 0.3) is 5.91 Å². The molecule has 32 heavy (non-hydrogen) atoms. The van der Waals surface area contributed by atoms with Gasteiger partial charge in [0.15, 0.2) is 0 Å². The molecule has 0 spiro atoms. The van der Waals surface area contributed by atoms with Gasteiger partial charge in [-0.2, -0.15) is 5.10 Å². The number of anilines is 1. The zero-order chi connectivity index (χ0) is 23.7. The van der Waals surface area contributed by atoms with E-state index in [1.165, 1.54) is 18.4 Å². The van der Waals surface area contributed by atoms with E-state index >= 15 is 0 Å². The molecule has 1 fully saturated rings. The van der Waals surface area contributed by atoms with Gasteiger partial charge in [0.2, 0.25) is 0 Å². The SMILES string of the molecule is C=NN(C(=NC)C(C)(C)C)c1cc(C(=O)NC(C)(C)C)cc(-c2ccc(C3CC3)cc2)c1. The number of carbonyl (C=O) groups excluding carboxylic acids is 1. The molecule has 0 bridgehead atoms. The molecule has 0 aromatic heterocycles. The maximum Gasteiger partial charge on any atom is 0.251 e. The molecule has 170 valence electrons. The highest BCUT2D eigenvalue weighted by Gasteiger charge is 2.27. The molecule has 2 aromatic rings.